The average molecular weight is 270 g/mol. The van der Waals surface area contributed by atoms with Crippen molar-refractivity contribution in [3.63, 3.8) is 0 Å². The molecular weight excluding hydrogens is 252 g/mol. The Morgan fingerprint density at radius 2 is 1.50 bits per heavy atom. The maximum atomic E-state index is 9.25. The number of aliphatic carboxylic acids is 1. The Morgan fingerprint density at radius 3 is 1.65 bits per heavy atom. The molecule has 104 valence electrons. The van der Waals surface area contributed by atoms with E-state index in [0.717, 1.165) is 6.08 Å². The van der Waals surface area contributed by atoms with Crippen molar-refractivity contribution in [1.82, 2.24) is 0 Å². The molecule has 20 heavy (non-hydrogen) atoms. The number of nitrogens with zero attached hydrogens (tertiary/aromatic N) is 2. The molecule has 0 unspecified atom stereocenters. The van der Waals surface area contributed by atoms with Crippen LogP contribution >= 0.6 is 0 Å². The zero-order chi connectivity index (χ0) is 16.2. The summed E-state index contributed by atoms with van der Waals surface area (Å²) in [4.78, 5) is 9.25. The predicted molar refractivity (Wildman–Crippen MR) is 81.5 cm³/mol. The van der Waals surface area contributed by atoms with Gasteiger partial charge in [0.15, 0.2) is 12.1 Å². The Bertz CT molecular complexity index is 453. The van der Waals surface area contributed by atoms with Gasteiger partial charge in [-0.05, 0) is 12.5 Å². The molecule has 0 aromatic heterocycles. The fourth-order valence-electron chi connectivity index (χ4n) is 0.589. The van der Waals surface area contributed by atoms with Crippen LogP contribution in [0.5, 0.6) is 0 Å². The molecular formula is C16H18N2O2. The molecule has 1 aromatic carbocycles. The average Bonchev–Trinajstić information content (AvgIpc) is 2.49. The lowest BCUT2D eigenvalue weighted by molar-refractivity contribution is -0.131. The number of rotatable bonds is 2. The molecule has 0 saturated carbocycles. The van der Waals surface area contributed by atoms with Gasteiger partial charge in [-0.15, -0.1) is 6.58 Å². The Balaban J connectivity index is -0.000000211. The Kier molecular flexibility index (Phi) is 23.4. The van der Waals surface area contributed by atoms with E-state index < -0.39 is 5.97 Å². The number of nitriles is 2. The van der Waals surface area contributed by atoms with Crippen LogP contribution in [0.3, 0.4) is 0 Å². The van der Waals surface area contributed by atoms with Crippen LogP contribution in [0.1, 0.15) is 12.5 Å². The van der Waals surface area contributed by atoms with Gasteiger partial charge in [-0.1, -0.05) is 55.6 Å². The number of benzene rings is 1. The number of carboxylic acids is 1. The van der Waals surface area contributed by atoms with E-state index in [-0.39, 0.29) is 0 Å². The highest BCUT2D eigenvalue weighted by Gasteiger charge is 1.75. The molecule has 0 aliphatic rings. The van der Waals surface area contributed by atoms with Crippen LogP contribution in [-0.4, -0.2) is 11.1 Å². The lowest BCUT2D eigenvalue weighted by atomic mass is 10.2. The molecule has 0 atom stereocenters. The van der Waals surface area contributed by atoms with E-state index in [2.05, 4.69) is 19.7 Å². The second kappa shape index (κ2) is 21.2. The first-order valence-corrected chi connectivity index (χ1v) is 5.42. The van der Waals surface area contributed by atoms with Crippen LogP contribution in [0.2, 0.25) is 0 Å². The number of hydrogen-bond donors (Lipinski definition) is 1. The summed E-state index contributed by atoms with van der Waals surface area (Å²) in [5.74, 6) is -0.981. The maximum Gasteiger partial charge on any atom is 0.327 e. The lowest BCUT2D eigenvalue weighted by Gasteiger charge is -1.85. The van der Waals surface area contributed by atoms with Gasteiger partial charge in [0.25, 0.3) is 0 Å². The summed E-state index contributed by atoms with van der Waals surface area (Å²) in [5, 5.41) is 22.1. The largest absolute Gasteiger partial charge is 0.478 e. The zero-order valence-corrected chi connectivity index (χ0v) is 11.5. The van der Waals surface area contributed by atoms with E-state index in [9.17, 15) is 4.79 Å². The maximum absolute atomic E-state index is 9.25. The highest BCUT2D eigenvalue weighted by molar-refractivity contribution is 5.78. The van der Waals surface area contributed by atoms with Crippen LogP contribution < -0.4 is 0 Å². The van der Waals surface area contributed by atoms with Crippen molar-refractivity contribution in [2.24, 2.45) is 0 Å². The highest BCUT2D eigenvalue weighted by atomic mass is 16.4. The van der Waals surface area contributed by atoms with E-state index in [1.165, 1.54) is 17.7 Å². The molecule has 0 saturated heterocycles. The number of allylic oxidation sites excluding steroid dienone is 1. The van der Waals surface area contributed by atoms with Gasteiger partial charge >= 0.3 is 5.97 Å². The smallest absolute Gasteiger partial charge is 0.327 e. The van der Waals surface area contributed by atoms with Gasteiger partial charge in [0.2, 0.25) is 0 Å². The molecule has 0 fully saturated rings. The molecule has 0 amide bonds. The minimum atomic E-state index is -0.981. The van der Waals surface area contributed by atoms with Gasteiger partial charge in [-0.3, -0.25) is 0 Å². The van der Waals surface area contributed by atoms with Crippen LogP contribution in [0, 0.1) is 22.7 Å². The second-order valence-corrected chi connectivity index (χ2v) is 2.79. The summed E-state index contributed by atoms with van der Waals surface area (Å²) in [7, 11) is 0. The summed E-state index contributed by atoms with van der Waals surface area (Å²) in [6, 6.07) is 12.5. The van der Waals surface area contributed by atoms with E-state index in [4.69, 9.17) is 15.6 Å². The highest BCUT2D eigenvalue weighted by Crippen LogP contribution is 1.97. The van der Waals surface area contributed by atoms with Crippen molar-refractivity contribution in [3.8, 4) is 12.1 Å². The van der Waals surface area contributed by atoms with Crippen LogP contribution in [0.15, 0.2) is 62.2 Å². The number of carboxylic acid groups (broad SMARTS) is 1. The second-order valence-electron chi connectivity index (χ2n) is 2.79. The van der Waals surface area contributed by atoms with E-state index >= 15 is 0 Å². The molecule has 0 aliphatic heterocycles. The minimum absolute atomic E-state index is 0.833. The Morgan fingerprint density at radius 1 is 1.15 bits per heavy atom. The van der Waals surface area contributed by atoms with Gasteiger partial charge in [0.05, 0.1) is 0 Å². The van der Waals surface area contributed by atoms with Gasteiger partial charge in [0.1, 0.15) is 0 Å². The third-order valence-corrected chi connectivity index (χ3v) is 1.26. The number of hydrogen-bond acceptors (Lipinski definition) is 3. The van der Waals surface area contributed by atoms with Gasteiger partial charge in [-0.25, -0.2) is 4.79 Å². The molecule has 0 bridgehead atoms. The van der Waals surface area contributed by atoms with Crippen molar-refractivity contribution in [3.05, 3.63) is 67.8 Å². The molecule has 0 spiro atoms. The topological polar surface area (TPSA) is 84.9 Å². The van der Waals surface area contributed by atoms with Crippen LogP contribution in [-0.2, 0) is 4.79 Å². The molecule has 0 aliphatic carbocycles. The normalized spacial score (nSPS) is 6.15. The molecule has 0 heterocycles. The van der Waals surface area contributed by atoms with E-state index in [1.54, 1.807) is 6.08 Å². The fourth-order valence-corrected chi connectivity index (χ4v) is 0.589. The fraction of sp³-hybridized carbons (Fsp3) is 0.0625. The minimum Gasteiger partial charge on any atom is -0.478 e. The quantitative estimate of drug-likeness (QED) is 0.654. The van der Waals surface area contributed by atoms with Crippen molar-refractivity contribution in [2.75, 3.05) is 0 Å². The zero-order valence-electron chi connectivity index (χ0n) is 11.5. The predicted octanol–water partition coefficient (Wildman–Crippen LogP) is 3.81. The van der Waals surface area contributed by atoms with Crippen molar-refractivity contribution >= 4 is 12.0 Å². The van der Waals surface area contributed by atoms with Gasteiger partial charge in [-0.2, -0.15) is 10.5 Å². The van der Waals surface area contributed by atoms with Gasteiger partial charge < -0.3 is 5.11 Å². The van der Waals surface area contributed by atoms with Crippen LogP contribution in [0.25, 0.3) is 6.08 Å². The summed E-state index contributed by atoms with van der Waals surface area (Å²) >= 11 is 0. The third-order valence-electron chi connectivity index (χ3n) is 1.26. The van der Waals surface area contributed by atoms with Gasteiger partial charge in [0, 0.05) is 6.08 Å². The Hall–Kier alpha value is -3.11. The molecule has 1 aromatic rings. The third kappa shape index (κ3) is 29.4. The molecule has 1 rings (SSSR count). The molecule has 0 radical (unpaired) electrons. The van der Waals surface area contributed by atoms with Crippen LogP contribution in [0.4, 0.5) is 0 Å². The SMILES string of the molecule is C=CC.C=CC(=O)O.C=Cc1ccccc1.N#CC#N. The van der Waals surface area contributed by atoms with E-state index in [0.29, 0.717) is 0 Å². The first kappa shape index (κ1) is 22.1. The lowest BCUT2D eigenvalue weighted by Crippen LogP contribution is -1.82. The molecule has 4 heteroatoms. The first-order chi connectivity index (χ1) is 9.53. The van der Waals surface area contributed by atoms with E-state index in [1.807, 2.05) is 43.3 Å². The number of carbonyl (C=O) groups is 1. The summed E-state index contributed by atoms with van der Waals surface area (Å²) in [5.41, 5.74) is 1.17. The summed E-state index contributed by atoms with van der Waals surface area (Å²) in [6.45, 7) is 11.8. The van der Waals surface area contributed by atoms with Crippen molar-refractivity contribution in [1.29, 1.82) is 10.5 Å². The summed E-state index contributed by atoms with van der Waals surface area (Å²) < 4.78 is 0. The van der Waals surface area contributed by atoms with Crippen molar-refractivity contribution < 1.29 is 9.90 Å². The Labute approximate surface area is 120 Å². The standard InChI is InChI=1S/C8H8.C3H4O2.C3H6.C2N2/c1-2-8-6-4-3-5-7-8;1-2-3(4)5;1-3-2;3-1-2-4/h2-7H,1H2;2H,1H2,(H,4,5);3H,1H2,2H3;. The monoisotopic (exact) mass is 270 g/mol. The first-order valence-electron chi connectivity index (χ1n) is 5.42. The molecule has 4 nitrogen and oxygen atoms in total. The molecule has 1 N–H and O–H groups in total. The van der Waals surface area contributed by atoms with Crippen molar-refractivity contribution in [2.45, 2.75) is 6.92 Å². The summed E-state index contributed by atoms with van der Waals surface area (Å²) in [6.07, 6.45) is 4.42.